The van der Waals surface area contributed by atoms with Gasteiger partial charge in [0.1, 0.15) is 0 Å². The molecule has 0 atom stereocenters. The summed E-state index contributed by atoms with van der Waals surface area (Å²) in [6.07, 6.45) is 11.4. The normalized spacial score (nSPS) is 22.7. The van der Waals surface area contributed by atoms with Crippen LogP contribution in [-0.4, -0.2) is 32.9 Å². The predicted octanol–water partition coefficient (Wildman–Crippen LogP) is 3.03. The standard InChI is InChI=1S/C21H27N5O2/c27-20-10-9-19(15-11-13-22-14-12-15)25-26(20)18-7-5-17(6-8-18)24-21(28)23-16-3-1-2-4-16/h9-14,16-18H,1-8H2,(H2,23,24,28). The molecule has 28 heavy (non-hydrogen) atoms. The number of amides is 2. The smallest absolute Gasteiger partial charge is 0.315 e. The van der Waals surface area contributed by atoms with Crippen molar-refractivity contribution in [3.05, 3.63) is 47.0 Å². The lowest BCUT2D eigenvalue weighted by Crippen LogP contribution is -2.47. The molecule has 2 saturated carbocycles. The zero-order valence-corrected chi connectivity index (χ0v) is 16.0. The Bertz CT molecular complexity index is 853. The number of hydrogen-bond acceptors (Lipinski definition) is 4. The van der Waals surface area contributed by atoms with E-state index in [1.807, 2.05) is 12.1 Å². The summed E-state index contributed by atoms with van der Waals surface area (Å²) < 4.78 is 1.62. The Balaban J connectivity index is 1.36. The van der Waals surface area contributed by atoms with Gasteiger partial charge in [-0.1, -0.05) is 12.8 Å². The van der Waals surface area contributed by atoms with Gasteiger partial charge in [-0.2, -0.15) is 5.10 Å². The van der Waals surface area contributed by atoms with Gasteiger partial charge >= 0.3 is 6.03 Å². The number of rotatable bonds is 4. The molecule has 2 amide bonds. The molecule has 7 nitrogen and oxygen atoms in total. The van der Waals surface area contributed by atoms with Gasteiger partial charge in [0.05, 0.1) is 11.7 Å². The number of carbonyl (C=O) groups excluding carboxylic acids is 1. The summed E-state index contributed by atoms with van der Waals surface area (Å²) in [6.45, 7) is 0. The number of nitrogens with one attached hydrogen (secondary N) is 2. The third kappa shape index (κ3) is 4.40. The van der Waals surface area contributed by atoms with Crippen molar-refractivity contribution in [1.29, 1.82) is 0 Å². The molecule has 0 aliphatic heterocycles. The van der Waals surface area contributed by atoms with Crippen LogP contribution >= 0.6 is 0 Å². The molecule has 0 unspecified atom stereocenters. The van der Waals surface area contributed by atoms with Crippen molar-refractivity contribution in [3.8, 4) is 11.3 Å². The Labute approximate surface area is 164 Å². The molecule has 0 radical (unpaired) electrons. The van der Waals surface area contributed by atoms with E-state index in [0.717, 1.165) is 49.8 Å². The predicted molar refractivity (Wildman–Crippen MR) is 107 cm³/mol. The highest BCUT2D eigenvalue weighted by Crippen LogP contribution is 2.27. The maximum absolute atomic E-state index is 12.4. The molecule has 0 aromatic carbocycles. The highest BCUT2D eigenvalue weighted by Gasteiger charge is 2.26. The number of hydrogen-bond donors (Lipinski definition) is 2. The summed E-state index contributed by atoms with van der Waals surface area (Å²) >= 11 is 0. The monoisotopic (exact) mass is 381 g/mol. The largest absolute Gasteiger partial charge is 0.335 e. The SMILES string of the molecule is O=C(NC1CCCC1)NC1CCC(n2nc(-c3ccncc3)ccc2=O)CC1. The Kier molecular flexibility index (Phi) is 5.69. The van der Waals surface area contributed by atoms with E-state index in [4.69, 9.17) is 0 Å². The second-order valence-electron chi connectivity index (χ2n) is 7.84. The number of carbonyl (C=O) groups is 1. The van der Waals surface area contributed by atoms with Gasteiger partial charge in [0.2, 0.25) is 0 Å². The number of urea groups is 1. The lowest BCUT2D eigenvalue weighted by atomic mass is 9.91. The van der Waals surface area contributed by atoms with Crippen LogP contribution in [-0.2, 0) is 0 Å². The van der Waals surface area contributed by atoms with Crippen molar-refractivity contribution in [3.63, 3.8) is 0 Å². The van der Waals surface area contributed by atoms with Crippen LogP contribution < -0.4 is 16.2 Å². The summed E-state index contributed by atoms with van der Waals surface area (Å²) in [4.78, 5) is 28.6. The van der Waals surface area contributed by atoms with E-state index in [9.17, 15) is 9.59 Å². The quantitative estimate of drug-likeness (QED) is 0.852. The van der Waals surface area contributed by atoms with Crippen molar-refractivity contribution < 1.29 is 4.79 Å². The van der Waals surface area contributed by atoms with Crippen molar-refractivity contribution in [2.45, 2.75) is 69.5 Å². The molecule has 0 saturated heterocycles. The first kappa shape index (κ1) is 18.7. The third-order valence-corrected chi connectivity index (χ3v) is 5.87. The lowest BCUT2D eigenvalue weighted by molar-refractivity contribution is 0.221. The minimum atomic E-state index is -0.0757. The fraction of sp³-hybridized carbons (Fsp3) is 0.524. The van der Waals surface area contributed by atoms with Gasteiger partial charge in [0.25, 0.3) is 5.56 Å². The Morgan fingerprint density at radius 3 is 2.21 bits per heavy atom. The molecule has 2 aliphatic carbocycles. The highest BCUT2D eigenvalue weighted by atomic mass is 16.2. The fourth-order valence-corrected chi connectivity index (χ4v) is 4.31. The second kappa shape index (κ2) is 8.54. The molecule has 2 aromatic heterocycles. The van der Waals surface area contributed by atoms with Gasteiger partial charge in [-0.05, 0) is 56.7 Å². The van der Waals surface area contributed by atoms with Crippen LogP contribution in [0.3, 0.4) is 0 Å². The molecule has 0 spiro atoms. The van der Waals surface area contributed by atoms with E-state index in [2.05, 4.69) is 20.7 Å². The van der Waals surface area contributed by atoms with Gasteiger partial charge < -0.3 is 10.6 Å². The van der Waals surface area contributed by atoms with Crippen LogP contribution in [0.15, 0.2) is 41.5 Å². The molecule has 4 rings (SSSR count). The first-order valence-corrected chi connectivity index (χ1v) is 10.3. The van der Waals surface area contributed by atoms with E-state index in [1.54, 1.807) is 29.2 Å². The minimum Gasteiger partial charge on any atom is -0.335 e. The molecular formula is C21H27N5O2. The van der Waals surface area contributed by atoms with Crippen molar-refractivity contribution >= 4 is 6.03 Å². The molecule has 148 valence electrons. The van der Waals surface area contributed by atoms with Gasteiger partial charge in [-0.25, -0.2) is 9.48 Å². The fourth-order valence-electron chi connectivity index (χ4n) is 4.31. The first-order chi connectivity index (χ1) is 13.7. The Morgan fingerprint density at radius 1 is 0.893 bits per heavy atom. The van der Waals surface area contributed by atoms with Crippen LogP contribution in [0.2, 0.25) is 0 Å². The molecular weight excluding hydrogens is 354 g/mol. The Morgan fingerprint density at radius 2 is 1.54 bits per heavy atom. The molecule has 2 fully saturated rings. The van der Waals surface area contributed by atoms with Crippen LogP contribution in [0, 0.1) is 0 Å². The summed E-state index contributed by atoms with van der Waals surface area (Å²) in [7, 11) is 0. The van der Waals surface area contributed by atoms with Crippen LogP contribution in [0.1, 0.15) is 57.4 Å². The van der Waals surface area contributed by atoms with Crippen LogP contribution in [0.25, 0.3) is 11.3 Å². The molecule has 2 N–H and O–H groups in total. The van der Waals surface area contributed by atoms with Gasteiger partial charge in [-0.15, -0.1) is 0 Å². The average molecular weight is 381 g/mol. The summed E-state index contributed by atoms with van der Waals surface area (Å²) in [6, 6.07) is 7.64. The zero-order chi connectivity index (χ0) is 19.3. The second-order valence-corrected chi connectivity index (χ2v) is 7.84. The number of aromatic nitrogens is 3. The average Bonchev–Trinajstić information content (AvgIpc) is 3.22. The molecule has 2 aliphatic rings. The summed E-state index contributed by atoms with van der Waals surface area (Å²) in [5, 5.41) is 10.8. The molecule has 2 heterocycles. The molecule has 0 bridgehead atoms. The Hall–Kier alpha value is -2.70. The number of pyridine rings is 1. The van der Waals surface area contributed by atoms with Crippen molar-refractivity contribution in [2.24, 2.45) is 0 Å². The summed E-state index contributed by atoms with van der Waals surface area (Å²) in [5.74, 6) is 0. The minimum absolute atomic E-state index is 0.0506. The van der Waals surface area contributed by atoms with Gasteiger partial charge in [0.15, 0.2) is 0 Å². The summed E-state index contributed by atoms with van der Waals surface area (Å²) in [5.41, 5.74) is 1.65. The maximum atomic E-state index is 12.4. The molecule has 7 heteroatoms. The van der Waals surface area contributed by atoms with Gasteiger partial charge in [-0.3, -0.25) is 9.78 Å². The van der Waals surface area contributed by atoms with Crippen molar-refractivity contribution in [2.75, 3.05) is 0 Å². The van der Waals surface area contributed by atoms with E-state index in [1.165, 1.54) is 12.8 Å². The van der Waals surface area contributed by atoms with Gasteiger partial charge in [0, 0.05) is 36.1 Å². The molecule has 2 aromatic rings. The van der Waals surface area contributed by atoms with E-state index >= 15 is 0 Å². The maximum Gasteiger partial charge on any atom is 0.315 e. The van der Waals surface area contributed by atoms with Crippen LogP contribution in [0.5, 0.6) is 0 Å². The van der Waals surface area contributed by atoms with Crippen LogP contribution in [0.4, 0.5) is 4.79 Å². The topological polar surface area (TPSA) is 88.9 Å². The van der Waals surface area contributed by atoms with E-state index < -0.39 is 0 Å². The zero-order valence-electron chi connectivity index (χ0n) is 16.0. The first-order valence-electron chi connectivity index (χ1n) is 10.3. The van der Waals surface area contributed by atoms with E-state index in [-0.39, 0.29) is 23.7 Å². The highest BCUT2D eigenvalue weighted by molar-refractivity contribution is 5.74. The lowest BCUT2D eigenvalue weighted by Gasteiger charge is -2.30. The number of nitrogens with zero attached hydrogens (tertiary/aromatic N) is 3. The van der Waals surface area contributed by atoms with Crippen molar-refractivity contribution in [1.82, 2.24) is 25.4 Å². The van der Waals surface area contributed by atoms with E-state index in [0.29, 0.717) is 6.04 Å². The third-order valence-electron chi connectivity index (χ3n) is 5.87.